The van der Waals surface area contributed by atoms with Crippen molar-refractivity contribution in [3.8, 4) is 0 Å². The monoisotopic (exact) mass is 1100 g/mol. The summed E-state index contributed by atoms with van der Waals surface area (Å²) in [5.41, 5.74) is 0. The van der Waals surface area contributed by atoms with Crippen molar-refractivity contribution in [3.05, 3.63) is 24.3 Å². The Balaban J connectivity index is 4.67. The van der Waals surface area contributed by atoms with Gasteiger partial charge in [0.1, 0.15) is 12.7 Å². The van der Waals surface area contributed by atoms with Gasteiger partial charge in [-0.3, -0.25) is 23.4 Å². The summed E-state index contributed by atoms with van der Waals surface area (Å²) < 4.78 is 39.7. The number of allylic oxidation sites excluding steroid dienone is 4. The highest BCUT2D eigenvalue weighted by Gasteiger charge is 2.28. The fourth-order valence-electron chi connectivity index (χ4n) is 9.41. The molecule has 0 bridgehead atoms. The Morgan fingerprint density at radius 3 is 0.921 bits per heavy atom. The van der Waals surface area contributed by atoms with Gasteiger partial charge < -0.3 is 24.2 Å². The Morgan fingerprint density at radius 2 is 0.605 bits per heavy atom. The summed E-state index contributed by atoms with van der Waals surface area (Å²) in [6.45, 7) is 4.69. The van der Waals surface area contributed by atoms with E-state index >= 15 is 0 Å². The van der Waals surface area contributed by atoms with Crippen molar-refractivity contribution in [2.24, 2.45) is 0 Å². The molecule has 0 radical (unpaired) electrons. The van der Waals surface area contributed by atoms with E-state index in [1.54, 1.807) is 0 Å². The summed E-state index contributed by atoms with van der Waals surface area (Å²) in [4.78, 5) is 48.7. The van der Waals surface area contributed by atoms with Crippen molar-refractivity contribution >= 4 is 25.7 Å². The third kappa shape index (κ3) is 56.7. The van der Waals surface area contributed by atoms with E-state index in [2.05, 4.69) is 45.1 Å². The molecule has 2 N–H and O–H groups in total. The van der Waals surface area contributed by atoms with E-state index in [0.29, 0.717) is 19.3 Å². The van der Waals surface area contributed by atoms with Crippen molar-refractivity contribution < 1.29 is 52.2 Å². The minimum absolute atomic E-state index is 0.171. The molecule has 3 unspecified atom stereocenters. The molecule has 76 heavy (non-hydrogen) atoms. The zero-order valence-electron chi connectivity index (χ0n) is 49.7. The fraction of sp³-hybridized carbons (Fsp3) is 0.891. The van der Waals surface area contributed by atoms with Gasteiger partial charge >= 0.3 is 25.7 Å². The summed E-state index contributed by atoms with van der Waals surface area (Å²) in [6, 6.07) is 0. The lowest BCUT2D eigenvalue weighted by Gasteiger charge is -2.21. The lowest BCUT2D eigenvalue weighted by molar-refractivity contribution is -0.161. The normalized spacial score (nSPS) is 13.4. The van der Waals surface area contributed by atoms with Crippen molar-refractivity contribution in [2.75, 3.05) is 26.4 Å². The summed E-state index contributed by atoms with van der Waals surface area (Å²) in [6.07, 6.45) is 61.3. The summed E-state index contributed by atoms with van der Waals surface area (Å²) in [7, 11) is -4.75. The molecular formula is C64H121O11P. The number of unbranched alkanes of at least 4 members (excludes halogenated alkanes) is 40. The number of phosphoric ester groups is 1. The first kappa shape index (κ1) is 74.0. The number of hydrogen-bond acceptors (Lipinski definition) is 10. The number of carbonyl (C=O) groups excluding carboxylic acids is 3. The minimum atomic E-state index is -4.75. The molecule has 0 aromatic heterocycles. The predicted molar refractivity (Wildman–Crippen MR) is 316 cm³/mol. The first-order valence-corrected chi connectivity index (χ1v) is 33.7. The van der Waals surface area contributed by atoms with Gasteiger partial charge in [-0.15, -0.1) is 0 Å². The van der Waals surface area contributed by atoms with Crippen molar-refractivity contribution in [1.29, 1.82) is 0 Å². The van der Waals surface area contributed by atoms with Gasteiger partial charge in [0.15, 0.2) is 6.10 Å². The Bertz CT molecular complexity index is 1370. The maximum Gasteiger partial charge on any atom is 0.472 e. The average Bonchev–Trinajstić information content (AvgIpc) is 3.41. The van der Waals surface area contributed by atoms with Crippen LogP contribution < -0.4 is 0 Å². The highest BCUT2D eigenvalue weighted by molar-refractivity contribution is 7.47. The molecule has 0 aromatic rings. The topological polar surface area (TPSA) is 155 Å². The molecule has 0 heterocycles. The second-order valence-corrected chi connectivity index (χ2v) is 23.4. The Morgan fingerprint density at radius 1 is 0.355 bits per heavy atom. The SMILES string of the molecule is CCCCCC/C=C\CCCCCCCC(=O)OC(CO)COP(=O)(O)OCC(COC(=O)CCCCCCCCC/C=C\CCCCCCCC)OC(=O)CCCCCCCCCCCCCCCCCCCCC. The van der Waals surface area contributed by atoms with Crippen molar-refractivity contribution in [1.82, 2.24) is 0 Å². The first-order chi connectivity index (χ1) is 37.2. The van der Waals surface area contributed by atoms with E-state index in [1.807, 2.05) is 0 Å². The lowest BCUT2D eigenvalue weighted by atomic mass is 10.0. The third-order valence-corrected chi connectivity index (χ3v) is 15.3. The van der Waals surface area contributed by atoms with E-state index in [1.165, 1.54) is 186 Å². The Labute approximate surface area is 468 Å². The fourth-order valence-corrected chi connectivity index (χ4v) is 10.2. The van der Waals surface area contributed by atoms with Crippen LogP contribution in [0.25, 0.3) is 0 Å². The van der Waals surface area contributed by atoms with Crippen molar-refractivity contribution in [3.63, 3.8) is 0 Å². The highest BCUT2D eigenvalue weighted by Crippen LogP contribution is 2.43. The molecule has 0 rings (SSSR count). The molecule has 0 aliphatic carbocycles. The van der Waals surface area contributed by atoms with Crippen molar-refractivity contribution in [2.45, 2.75) is 341 Å². The zero-order valence-corrected chi connectivity index (χ0v) is 50.6. The van der Waals surface area contributed by atoms with E-state index in [9.17, 15) is 28.9 Å². The maximum atomic E-state index is 13.0. The molecule has 0 saturated heterocycles. The number of rotatable bonds is 61. The maximum absolute atomic E-state index is 13.0. The van der Waals surface area contributed by atoms with Crippen LogP contribution in [0.5, 0.6) is 0 Å². The smallest absolute Gasteiger partial charge is 0.462 e. The van der Waals surface area contributed by atoms with Crippen LogP contribution in [0.3, 0.4) is 0 Å². The molecule has 0 aliphatic heterocycles. The number of aliphatic hydroxyl groups is 1. The second-order valence-electron chi connectivity index (χ2n) is 21.9. The summed E-state index contributed by atoms with van der Waals surface area (Å²) in [5.74, 6) is -1.45. The number of esters is 3. The molecule has 0 amide bonds. The van der Waals surface area contributed by atoms with Gasteiger partial charge in [-0.05, 0) is 70.6 Å². The van der Waals surface area contributed by atoms with Gasteiger partial charge in [-0.25, -0.2) is 4.57 Å². The van der Waals surface area contributed by atoms with Crippen LogP contribution in [-0.4, -0.2) is 66.5 Å². The van der Waals surface area contributed by atoms with Gasteiger partial charge in [0.25, 0.3) is 0 Å². The van der Waals surface area contributed by atoms with Gasteiger partial charge in [0.2, 0.25) is 0 Å². The molecule has 12 heteroatoms. The van der Waals surface area contributed by atoms with Crippen LogP contribution in [0.15, 0.2) is 24.3 Å². The Kier molecular flexibility index (Phi) is 57.5. The number of hydrogen-bond donors (Lipinski definition) is 2. The molecule has 11 nitrogen and oxygen atoms in total. The van der Waals surface area contributed by atoms with E-state index < -0.39 is 57.8 Å². The molecule has 448 valence electrons. The zero-order chi connectivity index (χ0) is 55.5. The summed E-state index contributed by atoms with van der Waals surface area (Å²) in [5, 5.41) is 9.83. The van der Waals surface area contributed by atoms with Gasteiger partial charge in [0, 0.05) is 19.3 Å². The largest absolute Gasteiger partial charge is 0.472 e. The van der Waals surface area contributed by atoms with Crippen LogP contribution in [0.1, 0.15) is 329 Å². The second kappa shape index (κ2) is 59.1. The standard InChI is InChI=1S/C64H121O11P/c1-4-7-10-13-16-19-22-25-27-29-30-32-34-37-40-43-46-49-52-55-64(68)75-61(57-71-62(66)53-50-47-44-41-38-36-33-31-28-26-23-20-17-14-11-8-5-2)59-73-76(69,70)72-58-60(56-65)74-63(67)54-51-48-45-42-39-35-24-21-18-15-12-9-6-3/h21,24,26,28,60-61,65H,4-20,22-23,25,27,29-59H2,1-3H3,(H,69,70)/b24-21-,28-26-. The third-order valence-electron chi connectivity index (χ3n) is 14.3. The van der Waals surface area contributed by atoms with Crippen LogP contribution in [0, 0.1) is 0 Å². The predicted octanol–water partition coefficient (Wildman–Crippen LogP) is 19.4. The molecule has 0 saturated carbocycles. The lowest BCUT2D eigenvalue weighted by Crippen LogP contribution is -2.30. The highest BCUT2D eigenvalue weighted by atomic mass is 31.2. The number of carbonyl (C=O) groups is 3. The molecular weight excluding hydrogens is 976 g/mol. The van der Waals surface area contributed by atoms with Crippen LogP contribution in [0.2, 0.25) is 0 Å². The number of aliphatic hydroxyl groups excluding tert-OH is 1. The van der Waals surface area contributed by atoms with E-state index in [0.717, 1.165) is 83.5 Å². The van der Waals surface area contributed by atoms with Gasteiger partial charge in [-0.2, -0.15) is 0 Å². The van der Waals surface area contributed by atoms with Crippen LogP contribution >= 0.6 is 7.82 Å². The van der Waals surface area contributed by atoms with Gasteiger partial charge in [0.05, 0.1) is 19.8 Å². The molecule has 0 spiro atoms. The molecule has 3 atom stereocenters. The molecule has 0 fully saturated rings. The Hall–Kier alpha value is -2.04. The van der Waals surface area contributed by atoms with Crippen LogP contribution in [0.4, 0.5) is 0 Å². The molecule has 0 aromatic carbocycles. The van der Waals surface area contributed by atoms with Crippen LogP contribution in [-0.2, 0) is 42.2 Å². The van der Waals surface area contributed by atoms with E-state index in [4.69, 9.17) is 23.3 Å². The average molecular weight is 1100 g/mol. The summed E-state index contributed by atoms with van der Waals surface area (Å²) >= 11 is 0. The number of ether oxygens (including phenoxy) is 3. The quantitative estimate of drug-likeness (QED) is 0.0197. The van der Waals surface area contributed by atoms with E-state index in [-0.39, 0.29) is 25.9 Å². The molecule has 0 aliphatic rings. The first-order valence-electron chi connectivity index (χ1n) is 32.2. The number of phosphoric acid groups is 1. The van der Waals surface area contributed by atoms with Gasteiger partial charge in [-0.1, -0.05) is 263 Å². The minimum Gasteiger partial charge on any atom is -0.462 e.